The molecule has 1 heterocycles. The predicted octanol–water partition coefficient (Wildman–Crippen LogP) is 2.84. The quantitative estimate of drug-likeness (QED) is 0.633. The Bertz CT molecular complexity index is 686. The molecule has 106 valence electrons. The van der Waals surface area contributed by atoms with E-state index in [2.05, 4.69) is 25.9 Å². The van der Waals surface area contributed by atoms with Crippen molar-refractivity contribution in [2.75, 3.05) is 19.5 Å². The van der Waals surface area contributed by atoms with Gasteiger partial charge in [-0.05, 0) is 31.0 Å². The molecule has 0 saturated carbocycles. The molecule has 0 atom stereocenters. The van der Waals surface area contributed by atoms with Crippen LogP contribution in [0, 0.1) is 13.8 Å². The molecule has 0 fully saturated rings. The number of halogens is 1. The van der Waals surface area contributed by atoms with Crippen molar-refractivity contribution in [3.05, 3.63) is 22.8 Å². The van der Waals surface area contributed by atoms with Crippen molar-refractivity contribution >= 4 is 32.7 Å². The van der Waals surface area contributed by atoms with Gasteiger partial charge in [0.2, 0.25) is 0 Å². The summed E-state index contributed by atoms with van der Waals surface area (Å²) >= 11 is 3.21. The van der Waals surface area contributed by atoms with Gasteiger partial charge >= 0.3 is 0 Å². The molecule has 5 nitrogen and oxygen atoms in total. The summed E-state index contributed by atoms with van der Waals surface area (Å²) in [6.45, 7) is 3.85. The summed E-state index contributed by atoms with van der Waals surface area (Å²) in [5, 5.41) is 0.239. The molecule has 1 aromatic heterocycles. The number of aryl methyl sites for hydroxylation is 1. The number of benzene rings is 1. The molecule has 6 heteroatoms. The van der Waals surface area contributed by atoms with E-state index in [-0.39, 0.29) is 17.0 Å². The Labute approximate surface area is 125 Å². The minimum atomic E-state index is -0.0299. The second kappa shape index (κ2) is 5.75. The number of carbonyl (C=O) groups excluding carboxylic acids is 1. The van der Waals surface area contributed by atoms with E-state index < -0.39 is 0 Å². The van der Waals surface area contributed by atoms with Gasteiger partial charge in [-0.1, -0.05) is 15.9 Å². The number of aromatic nitrogens is 2. The van der Waals surface area contributed by atoms with E-state index in [1.54, 1.807) is 0 Å². The lowest BCUT2D eigenvalue weighted by Crippen LogP contribution is -2.08. The van der Waals surface area contributed by atoms with Gasteiger partial charge < -0.3 is 9.47 Å². The van der Waals surface area contributed by atoms with Crippen LogP contribution in [0.2, 0.25) is 0 Å². The molecule has 20 heavy (non-hydrogen) atoms. The first-order valence-corrected chi connectivity index (χ1v) is 7.14. The molecule has 0 unspecified atom stereocenters. The zero-order valence-electron chi connectivity index (χ0n) is 11.8. The second-order valence-corrected chi connectivity index (χ2v) is 4.92. The normalized spacial score (nSPS) is 10.7. The molecule has 0 bridgehead atoms. The monoisotopic (exact) mass is 338 g/mol. The Kier molecular flexibility index (Phi) is 4.23. The molecule has 1 aromatic carbocycles. The number of fused-ring (bicyclic) bond motifs is 1. The first-order chi connectivity index (χ1) is 9.53. The average molecular weight is 339 g/mol. The number of carbonyl (C=O) groups is 1. The van der Waals surface area contributed by atoms with E-state index in [9.17, 15) is 4.79 Å². The van der Waals surface area contributed by atoms with Gasteiger partial charge in [0.1, 0.15) is 5.52 Å². The molecule has 0 saturated heterocycles. The molecule has 0 N–H and O–H groups in total. The minimum absolute atomic E-state index is 0.0299. The molecule has 0 aliphatic heterocycles. The third kappa shape index (κ3) is 2.35. The van der Waals surface area contributed by atoms with Gasteiger partial charge in [-0.25, -0.2) is 9.97 Å². The maximum Gasteiger partial charge on any atom is 0.278 e. The van der Waals surface area contributed by atoms with Crippen molar-refractivity contribution in [3.63, 3.8) is 0 Å². The van der Waals surface area contributed by atoms with Crippen LogP contribution in [0.1, 0.15) is 21.5 Å². The zero-order valence-corrected chi connectivity index (χ0v) is 13.4. The third-order valence-electron chi connectivity index (χ3n) is 3.20. The summed E-state index contributed by atoms with van der Waals surface area (Å²) < 4.78 is 10.3. The zero-order chi connectivity index (χ0) is 14.9. The minimum Gasteiger partial charge on any atom is -0.477 e. The Morgan fingerprint density at radius 1 is 1.20 bits per heavy atom. The number of nitrogens with zero attached hydrogens (tertiary/aromatic N) is 2. The fourth-order valence-electron chi connectivity index (χ4n) is 2.06. The Hall–Kier alpha value is -1.69. The van der Waals surface area contributed by atoms with Gasteiger partial charge in [-0.2, -0.15) is 0 Å². The predicted molar refractivity (Wildman–Crippen MR) is 80.2 cm³/mol. The number of Topliss-reactive ketones (excluding diaryl/α,β-unsaturated/α-hetero) is 1. The lowest BCUT2D eigenvalue weighted by molar-refractivity contribution is 0.102. The van der Waals surface area contributed by atoms with E-state index in [1.807, 2.05) is 19.9 Å². The van der Waals surface area contributed by atoms with Crippen LogP contribution in [0.4, 0.5) is 0 Å². The first kappa shape index (κ1) is 14.7. The maximum absolute atomic E-state index is 12.2. The van der Waals surface area contributed by atoms with Crippen molar-refractivity contribution < 1.29 is 14.3 Å². The van der Waals surface area contributed by atoms with Gasteiger partial charge in [-0.3, -0.25) is 4.79 Å². The molecule has 2 aromatic rings. The molecule has 0 amide bonds. The van der Waals surface area contributed by atoms with E-state index in [0.717, 1.165) is 11.1 Å². The van der Waals surface area contributed by atoms with Gasteiger partial charge in [0.25, 0.3) is 11.8 Å². The lowest BCUT2D eigenvalue weighted by atomic mass is 9.98. The third-order valence-corrected chi connectivity index (χ3v) is 3.71. The fraction of sp³-hybridized carbons (Fsp3) is 0.357. The Balaban J connectivity index is 2.88. The Morgan fingerprint density at radius 3 is 2.35 bits per heavy atom. The van der Waals surface area contributed by atoms with Crippen molar-refractivity contribution in [1.29, 1.82) is 0 Å². The van der Waals surface area contributed by atoms with Gasteiger partial charge in [0.15, 0.2) is 5.78 Å². The summed E-state index contributed by atoms with van der Waals surface area (Å²) in [6, 6.07) is 1.89. The number of hydrogen-bond acceptors (Lipinski definition) is 5. The van der Waals surface area contributed by atoms with E-state index in [0.29, 0.717) is 22.5 Å². The smallest absolute Gasteiger partial charge is 0.278 e. The summed E-state index contributed by atoms with van der Waals surface area (Å²) in [7, 11) is 3.00. The highest BCUT2D eigenvalue weighted by molar-refractivity contribution is 9.09. The summed E-state index contributed by atoms with van der Waals surface area (Å²) in [6.07, 6.45) is 0. The molecule has 2 rings (SSSR count). The fourth-order valence-corrected chi connectivity index (χ4v) is 2.34. The summed E-state index contributed by atoms with van der Waals surface area (Å²) in [5.41, 5.74) is 3.63. The molecular weight excluding hydrogens is 324 g/mol. The molecular formula is C14H15BrN2O3. The van der Waals surface area contributed by atoms with Crippen molar-refractivity contribution in [2.45, 2.75) is 13.8 Å². The van der Waals surface area contributed by atoms with Gasteiger partial charge in [0.05, 0.1) is 25.1 Å². The number of methoxy groups -OCH3 is 2. The Morgan fingerprint density at radius 2 is 1.80 bits per heavy atom. The highest BCUT2D eigenvalue weighted by Crippen LogP contribution is 2.30. The van der Waals surface area contributed by atoms with Crippen molar-refractivity contribution in [2.24, 2.45) is 0 Å². The van der Waals surface area contributed by atoms with E-state index in [4.69, 9.17) is 9.47 Å². The SMILES string of the molecule is COc1nc2cc(C)c(C)c(C(=O)CBr)c2nc1OC. The van der Waals surface area contributed by atoms with Crippen LogP contribution in [-0.2, 0) is 0 Å². The van der Waals surface area contributed by atoms with Crippen molar-refractivity contribution in [3.8, 4) is 11.8 Å². The maximum atomic E-state index is 12.2. The summed E-state index contributed by atoms with van der Waals surface area (Å²) in [5.74, 6) is 0.546. The second-order valence-electron chi connectivity index (χ2n) is 4.36. The van der Waals surface area contributed by atoms with Crippen LogP contribution in [0.3, 0.4) is 0 Å². The highest BCUT2D eigenvalue weighted by atomic mass is 79.9. The summed E-state index contributed by atoms with van der Waals surface area (Å²) in [4.78, 5) is 20.9. The number of ether oxygens (including phenoxy) is 2. The van der Waals surface area contributed by atoms with Crippen molar-refractivity contribution in [1.82, 2.24) is 9.97 Å². The van der Waals surface area contributed by atoms with Crippen LogP contribution in [0.25, 0.3) is 11.0 Å². The molecule has 0 radical (unpaired) electrons. The van der Waals surface area contributed by atoms with Crippen LogP contribution in [0.5, 0.6) is 11.8 Å². The van der Waals surface area contributed by atoms with E-state index >= 15 is 0 Å². The molecule has 0 aliphatic carbocycles. The number of hydrogen-bond donors (Lipinski definition) is 0. The average Bonchev–Trinajstić information content (AvgIpc) is 2.46. The van der Waals surface area contributed by atoms with Gasteiger partial charge in [-0.15, -0.1) is 0 Å². The van der Waals surface area contributed by atoms with Crippen LogP contribution in [-0.4, -0.2) is 35.3 Å². The van der Waals surface area contributed by atoms with Crippen LogP contribution < -0.4 is 9.47 Å². The van der Waals surface area contributed by atoms with Crippen LogP contribution in [0.15, 0.2) is 6.07 Å². The van der Waals surface area contributed by atoms with E-state index in [1.165, 1.54) is 14.2 Å². The first-order valence-electron chi connectivity index (χ1n) is 6.02. The number of alkyl halides is 1. The largest absolute Gasteiger partial charge is 0.477 e. The molecule has 0 aliphatic rings. The molecule has 0 spiro atoms. The van der Waals surface area contributed by atoms with Gasteiger partial charge in [0, 0.05) is 5.56 Å². The highest BCUT2D eigenvalue weighted by Gasteiger charge is 2.19. The number of rotatable bonds is 4. The number of ketones is 1. The lowest BCUT2D eigenvalue weighted by Gasteiger charge is -2.12. The topological polar surface area (TPSA) is 61.3 Å². The standard InChI is InChI=1S/C14H15BrN2O3/c1-7-5-9-12(11(8(7)2)10(18)6-15)17-14(20-4)13(16-9)19-3/h5H,6H2,1-4H3. The van der Waals surface area contributed by atoms with Crippen LogP contribution >= 0.6 is 15.9 Å².